The predicted octanol–water partition coefficient (Wildman–Crippen LogP) is 5.95. The van der Waals surface area contributed by atoms with E-state index in [9.17, 15) is 4.79 Å². The summed E-state index contributed by atoms with van der Waals surface area (Å²) < 4.78 is 0. The van der Waals surface area contributed by atoms with Crippen molar-refractivity contribution in [2.75, 3.05) is 0 Å². The minimum absolute atomic E-state index is 0.0431. The Morgan fingerprint density at radius 1 is 0.941 bits per heavy atom. The van der Waals surface area contributed by atoms with Crippen LogP contribution in [0.25, 0.3) is 22.3 Å². The van der Waals surface area contributed by atoms with Gasteiger partial charge in [0, 0.05) is 10.4 Å². The number of carbonyl (C=O) groups is 1. The fourth-order valence-electron chi connectivity index (χ4n) is 4.12. The van der Waals surface area contributed by atoms with E-state index in [2.05, 4.69) is 53.6 Å². The van der Waals surface area contributed by atoms with E-state index >= 15 is 0 Å². The van der Waals surface area contributed by atoms with Crippen molar-refractivity contribution in [3.05, 3.63) is 106 Å². The van der Waals surface area contributed by atoms with E-state index in [4.69, 9.17) is 9.97 Å². The van der Waals surface area contributed by atoms with Crippen LogP contribution in [0.5, 0.6) is 0 Å². The third-order valence-corrected chi connectivity index (χ3v) is 6.78. The molecule has 1 unspecified atom stereocenters. The molecule has 0 radical (unpaired) electrons. The molecule has 5 aromatic rings. The maximum atomic E-state index is 13.3. The second-order valence-electron chi connectivity index (χ2n) is 8.50. The summed E-state index contributed by atoms with van der Waals surface area (Å²) in [5.74, 6) is 0.719. The van der Waals surface area contributed by atoms with Gasteiger partial charge in [-0.15, -0.1) is 11.3 Å². The lowest BCUT2D eigenvalue weighted by Gasteiger charge is -2.17. The summed E-state index contributed by atoms with van der Waals surface area (Å²) in [6.07, 6.45) is 0.930. The number of imidazole rings is 1. The number of aryl methyl sites for hydroxylation is 2. The highest BCUT2D eigenvalue weighted by Crippen LogP contribution is 2.29. The molecule has 3 aromatic carbocycles. The van der Waals surface area contributed by atoms with E-state index in [1.807, 2.05) is 49.4 Å². The number of amides is 1. The van der Waals surface area contributed by atoms with Crippen LogP contribution in [0, 0.1) is 13.8 Å². The van der Waals surface area contributed by atoms with Crippen LogP contribution in [-0.2, 0) is 17.6 Å². The molecular weight excluding hydrogens is 440 g/mol. The minimum Gasteiger partial charge on any atom is -0.345 e. The minimum atomic E-state index is -0.265. The van der Waals surface area contributed by atoms with Crippen LogP contribution in [-0.4, -0.2) is 20.9 Å². The van der Waals surface area contributed by atoms with Crippen LogP contribution in [0.15, 0.2) is 78.9 Å². The van der Waals surface area contributed by atoms with Gasteiger partial charge in [-0.1, -0.05) is 72.3 Å². The van der Waals surface area contributed by atoms with Crippen molar-refractivity contribution in [3.63, 3.8) is 0 Å². The Hall–Kier alpha value is -3.77. The van der Waals surface area contributed by atoms with Crippen LogP contribution < -0.4 is 5.32 Å². The Kier molecular flexibility index (Phi) is 6.23. The molecule has 0 aliphatic carbocycles. The molecule has 2 aromatic heterocycles. The highest BCUT2D eigenvalue weighted by atomic mass is 32.1. The molecule has 2 heterocycles. The fraction of sp³-hybridized carbons (Fsp3) is 0.179. The largest absolute Gasteiger partial charge is 0.345 e. The lowest BCUT2D eigenvalue weighted by molar-refractivity contribution is -0.121. The number of rotatable bonds is 7. The first kappa shape index (κ1) is 22.0. The molecule has 0 spiro atoms. The normalized spacial score (nSPS) is 12.1. The number of fused-ring (bicyclic) bond motifs is 1. The van der Waals surface area contributed by atoms with Gasteiger partial charge in [0.05, 0.1) is 34.2 Å². The lowest BCUT2D eigenvalue weighted by Crippen LogP contribution is -2.31. The number of H-pyrrole nitrogens is 1. The zero-order chi connectivity index (χ0) is 23.5. The number of nitrogens with zero attached hydrogens (tertiary/aromatic N) is 2. The molecule has 0 fully saturated rings. The summed E-state index contributed by atoms with van der Waals surface area (Å²) in [5, 5.41) is 4.19. The average molecular weight is 467 g/mol. The van der Waals surface area contributed by atoms with Crippen LogP contribution in [0.2, 0.25) is 0 Å². The molecule has 0 aliphatic rings. The maximum absolute atomic E-state index is 13.3. The van der Waals surface area contributed by atoms with E-state index in [1.165, 1.54) is 5.56 Å². The summed E-state index contributed by atoms with van der Waals surface area (Å²) in [5.41, 5.74) is 6.12. The molecule has 34 heavy (non-hydrogen) atoms. The molecule has 6 heteroatoms. The number of benzene rings is 3. The smallest absolute Gasteiger partial charge is 0.225 e. The molecular formula is C28H26N4OS. The topological polar surface area (TPSA) is 70.7 Å². The molecule has 1 amide bonds. The van der Waals surface area contributed by atoms with Gasteiger partial charge in [0.1, 0.15) is 5.82 Å². The summed E-state index contributed by atoms with van der Waals surface area (Å²) in [7, 11) is 0. The highest BCUT2D eigenvalue weighted by molar-refractivity contribution is 7.12. The third-order valence-electron chi connectivity index (χ3n) is 5.81. The van der Waals surface area contributed by atoms with E-state index < -0.39 is 0 Å². The Bertz CT molecular complexity index is 1390. The molecule has 0 bridgehead atoms. The Labute approximate surface area is 202 Å². The van der Waals surface area contributed by atoms with Gasteiger partial charge in [0.15, 0.2) is 0 Å². The number of nitrogens with one attached hydrogen (secondary N) is 2. The van der Waals surface area contributed by atoms with Crippen LogP contribution >= 0.6 is 11.3 Å². The monoisotopic (exact) mass is 466 g/mol. The standard InChI is InChI=1S/C28H26N4OS/c1-18-12-14-21(15-13-18)27-25(34-19(2)29-27)17-26(33)30-24(16-20-8-4-3-5-9-20)28-31-22-10-6-7-11-23(22)32-28/h3-15,24H,16-17H2,1-2H3,(H,30,33)(H,31,32). The van der Waals surface area contributed by atoms with E-state index in [1.54, 1.807) is 11.3 Å². The van der Waals surface area contributed by atoms with Gasteiger partial charge in [-0.25, -0.2) is 9.97 Å². The van der Waals surface area contributed by atoms with Crippen molar-refractivity contribution in [3.8, 4) is 11.3 Å². The van der Waals surface area contributed by atoms with Gasteiger partial charge >= 0.3 is 0 Å². The third kappa shape index (κ3) is 4.92. The van der Waals surface area contributed by atoms with E-state index in [0.717, 1.165) is 43.6 Å². The average Bonchev–Trinajstić information content (AvgIpc) is 3.43. The molecule has 2 N–H and O–H groups in total. The van der Waals surface area contributed by atoms with Gasteiger partial charge in [0.2, 0.25) is 5.91 Å². The Balaban J connectivity index is 1.40. The first-order valence-corrected chi connectivity index (χ1v) is 12.2. The number of aromatic amines is 1. The maximum Gasteiger partial charge on any atom is 0.225 e. The molecule has 5 rings (SSSR count). The Morgan fingerprint density at radius 2 is 1.68 bits per heavy atom. The number of hydrogen-bond acceptors (Lipinski definition) is 4. The van der Waals surface area contributed by atoms with Crippen molar-refractivity contribution in [1.82, 2.24) is 20.3 Å². The second kappa shape index (κ2) is 9.61. The van der Waals surface area contributed by atoms with E-state index in [-0.39, 0.29) is 18.4 Å². The number of carbonyl (C=O) groups excluding carboxylic acids is 1. The molecule has 0 saturated heterocycles. The molecule has 0 aliphatic heterocycles. The fourth-order valence-corrected chi connectivity index (χ4v) is 5.08. The van der Waals surface area contributed by atoms with Crippen LogP contribution in [0.3, 0.4) is 0 Å². The number of hydrogen-bond donors (Lipinski definition) is 2. The zero-order valence-electron chi connectivity index (χ0n) is 19.2. The van der Waals surface area contributed by atoms with Gasteiger partial charge in [-0.2, -0.15) is 0 Å². The first-order chi connectivity index (χ1) is 16.5. The van der Waals surface area contributed by atoms with Crippen molar-refractivity contribution >= 4 is 28.3 Å². The lowest BCUT2D eigenvalue weighted by atomic mass is 10.0. The number of thiazole rings is 1. The van der Waals surface area contributed by atoms with Gasteiger partial charge < -0.3 is 10.3 Å². The SMILES string of the molecule is Cc1ccc(-c2nc(C)sc2CC(=O)NC(Cc2ccccc2)c2nc3ccccc3[nH]2)cc1. The van der Waals surface area contributed by atoms with Crippen molar-refractivity contribution in [2.24, 2.45) is 0 Å². The van der Waals surface area contributed by atoms with Gasteiger partial charge in [0.25, 0.3) is 0 Å². The molecule has 5 nitrogen and oxygen atoms in total. The second-order valence-corrected chi connectivity index (χ2v) is 9.78. The summed E-state index contributed by atoms with van der Waals surface area (Å²) in [6, 6.07) is 26.1. The van der Waals surface area contributed by atoms with Gasteiger partial charge in [-0.3, -0.25) is 4.79 Å². The Morgan fingerprint density at radius 3 is 2.44 bits per heavy atom. The molecule has 170 valence electrons. The molecule has 0 saturated carbocycles. The van der Waals surface area contributed by atoms with Crippen molar-refractivity contribution < 1.29 is 4.79 Å². The van der Waals surface area contributed by atoms with Crippen LogP contribution in [0.1, 0.15) is 32.9 Å². The van der Waals surface area contributed by atoms with Crippen molar-refractivity contribution in [2.45, 2.75) is 32.7 Å². The van der Waals surface area contributed by atoms with E-state index in [0.29, 0.717) is 6.42 Å². The van der Waals surface area contributed by atoms with Crippen LogP contribution in [0.4, 0.5) is 0 Å². The summed E-state index contributed by atoms with van der Waals surface area (Å²) in [6.45, 7) is 4.05. The predicted molar refractivity (Wildman–Crippen MR) is 138 cm³/mol. The quantitative estimate of drug-likeness (QED) is 0.312. The summed E-state index contributed by atoms with van der Waals surface area (Å²) in [4.78, 5) is 27.1. The number of aromatic nitrogens is 3. The zero-order valence-corrected chi connectivity index (χ0v) is 20.0. The number of para-hydroxylation sites is 2. The first-order valence-electron chi connectivity index (χ1n) is 11.4. The van der Waals surface area contributed by atoms with Gasteiger partial charge in [-0.05, 0) is 38.0 Å². The molecule has 1 atom stereocenters. The van der Waals surface area contributed by atoms with Crippen molar-refractivity contribution in [1.29, 1.82) is 0 Å². The highest BCUT2D eigenvalue weighted by Gasteiger charge is 2.21. The summed E-state index contributed by atoms with van der Waals surface area (Å²) >= 11 is 1.58.